The normalized spacial score (nSPS) is 17.4. The van der Waals surface area contributed by atoms with E-state index in [0.29, 0.717) is 6.61 Å². The smallest absolute Gasteiger partial charge is 0.191 e. The van der Waals surface area contributed by atoms with Gasteiger partial charge in [0.2, 0.25) is 0 Å². The SMILES string of the molecule is CCNC(=NCCCCCN1CCCCC1)NC(C)COC.I. The van der Waals surface area contributed by atoms with Gasteiger partial charge < -0.3 is 20.3 Å². The highest BCUT2D eigenvalue weighted by molar-refractivity contribution is 14.0. The summed E-state index contributed by atoms with van der Waals surface area (Å²) in [7, 11) is 1.73. The number of unbranched alkanes of at least 4 members (excludes halogenated alkanes) is 2. The molecule has 0 amide bonds. The molecule has 0 spiro atoms. The lowest BCUT2D eigenvalue weighted by atomic mass is 10.1. The summed E-state index contributed by atoms with van der Waals surface area (Å²) in [5, 5.41) is 6.66. The van der Waals surface area contributed by atoms with Crippen LogP contribution in [0.5, 0.6) is 0 Å². The summed E-state index contributed by atoms with van der Waals surface area (Å²) in [6, 6.07) is 0.280. The topological polar surface area (TPSA) is 48.9 Å². The van der Waals surface area contributed by atoms with Crippen LogP contribution in [0, 0.1) is 0 Å². The van der Waals surface area contributed by atoms with Crippen molar-refractivity contribution in [2.24, 2.45) is 4.99 Å². The van der Waals surface area contributed by atoms with Crippen LogP contribution in [0.25, 0.3) is 0 Å². The van der Waals surface area contributed by atoms with Crippen molar-refractivity contribution in [3.63, 3.8) is 0 Å². The van der Waals surface area contributed by atoms with Crippen LogP contribution in [-0.2, 0) is 4.74 Å². The highest BCUT2D eigenvalue weighted by atomic mass is 127. The molecule has 0 radical (unpaired) electrons. The zero-order chi connectivity index (χ0) is 16.0. The number of ether oxygens (including phenoxy) is 1. The molecule has 1 unspecified atom stereocenters. The molecule has 0 aromatic heterocycles. The van der Waals surface area contributed by atoms with Crippen LogP contribution in [-0.4, -0.2) is 63.3 Å². The highest BCUT2D eigenvalue weighted by Gasteiger charge is 2.08. The molecule has 0 aliphatic carbocycles. The van der Waals surface area contributed by atoms with Gasteiger partial charge >= 0.3 is 0 Å². The maximum absolute atomic E-state index is 5.15. The van der Waals surface area contributed by atoms with E-state index in [-0.39, 0.29) is 30.0 Å². The Kier molecular flexibility index (Phi) is 15.4. The van der Waals surface area contributed by atoms with Crippen molar-refractivity contribution in [1.29, 1.82) is 0 Å². The molecular formula is C17H37IN4O. The van der Waals surface area contributed by atoms with E-state index >= 15 is 0 Å². The predicted octanol–water partition coefficient (Wildman–Crippen LogP) is 2.85. The van der Waals surface area contributed by atoms with Crippen LogP contribution in [0.2, 0.25) is 0 Å². The van der Waals surface area contributed by atoms with Gasteiger partial charge in [-0.3, -0.25) is 4.99 Å². The second kappa shape index (κ2) is 15.4. The summed E-state index contributed by atoms with van der Waals surface area (Å²) in [5.41, 5.74) is 0. The first-order valence-electron chi connectivity index (χ1n) is 9.02. The van der Waals surface area contributed by atoms with E-state index in [1.807, 2.05) is 0 Å². The molecule has 1 saturated heterocycles. The van der Waals surface area contributed by atoms with E-state index in [4.69, 9.17) is 4.74 Å². The number of piperidine rings is 1. The van der Waals surface area contributed by atoms with Gasteiger partial charge in [0.15, 0.2) is 5.96 Å². The zero-order valence-electron chi connectivity index (χ0n) is 15.3. The maximum Gasteiger partial charge on any atom is 0.191 e. The number of hydrogen-bond donors (Lipinski definition) is 2. The Hall–Kier alpha value is -0.0800. The van der Waals surface area contributed by atoms with Crippen molar-refractivity contribution >= 4 is 29.9 Å². The van der Waals surface area contributed by atoms with E-state index < -0.39 is 0 Å². The number of halogens is 1. The summed E-state index contributed by atoms with van der Waals surface area (Å²) in [6.07, 6.45) is 7.95. The third kappa shape index (κ3) is 12.0. The minimum Gasteiger partial charge on any atom is -0.383 e. The molecule has 1 rings (SSSR count). The molecule has 6 heteroatoms. The Morgan fingerprint density at radius 3 is 2.57 bits per heavy atom. The van der Waals surface area contributed by atoms with Gasteiger partial charge in [-0.2, -0.15) is 0 Å². The second-order valence-electron chi connectivity index (χ2n) is 6.22. The van der Waals surface area contributed by atoms with Crippen LogP contribution in [0.15, 0.2) is 4.99 Å². The molecule has 0 saturated carbocycles. The average molecular weight is 440 g/mol. The van der Waals surface area contributed by atoms with E-state index in [1.54, 1.807) is 7.11 Å². The first kappa shape index (κ1) is 22.9. The first-order chi connectivity index (χ1) is 10.8. The molecule has 0 aromatic carbocycles. The van der Waals surface area contributed by atoms with Gasteiger partial charge in [0.25, 0.3) is 0 Å². The highest BCUT2D eigenvalue weighted by Crippen LogP contribution is 2.09. The Morgan fingerprint density at radius 2 is 1.91 bits per heavy atom. The maximum atomic E-state index is 5.15. The van der Waals surface area contributed by atoms with Crippen LogP contribution in [0.1, 0.15) is 52.4 Å². The van der Waals surface area contributed by atoms with E-state index in [2.05, 4.69) is 34.4 Å². The van der Waals surface area contributed by atoms with Crippen LogP contribution >= 0.6 is 24.0 Å². The van der Waals surface area contributed by atoms with E-state index in [9.17, 15) is 0 Å². The van der Waals surface area contributed by atoms with Gasteiger partial charge in [-0.25, -0.2) is 0 Å². The summed E-state index contributed by atoms with van der Waals surface area (Å²) in [6.45, 7) is 10.6. The monoisotopic (exact) mass is 440 g/mol. The minimum atomic E-state index is 0. The van der Waals surface area contributed by atoms with Gasteiger partial charge in [0.05, 0.1) is 6.61 Å². The predicted molar refractivity (Wildman–Crippen MR) is 110 cm³/mol. The number of guanidine groups is 1. The molecule has 2 N–H and O–H groups in total. The summed E-state index contributed by atoms with van der Waals surface area (Å²) in [5.74, 6) is 0.906. The number of likely N-dealkylation sites (tertiary alicyclic amines) is 1. The van der Waals surface area contributed by atoms with Crippen molar-refractivity contribution < 1.29 is 4.74 Å². The van der Waals surface area contributed by atoms with Gasteiger partial charge in [-0.05, 0) is 59.2 Å². The molecule has 1 aliphatic heterocycles. The van der Waals surface area contributed by atoms with E-state index in [0.717, 1.165) is 19.0 Å². The van der Waals surface area contributed by atoms with Crippen LogP contribution < -0.4 is 10.6 Å². The molecule has 138 valence electrons. The van der Waals surface area contributed by atoms with Gasteiger partial charge in [-0.15, -0.1) is 24.0 Å². The lowest BCUT2D eigenvalue weighted by Gasteiger charge is -2.26. The van der Waals surface area contributed by atoms with Gasteiger partial charge in [-0.1, -0.05) is 12.8 Å². The lowest BCUT2D eigenvalue weighted by molar-refractivity contribution is 0.179. The fourth-order valence-corrected chi connectivity index (χ4v) is 2.84. The number of aliphatic imine (C=N–C) groups is 1. The molecule has 0 aromatic rings. The third-order valence-electron chi connectivity index (χ3n) is 4.00. The summed E-state index contributed by atoms with van der Waals surface area (Å²) >= 11 is 0. The van der Waals surface area contributed by atoms with Crippen LogP contribution in [0.4, 0.5) is 0 Å². The molecule has 1 atom stereocenters. The summed E-state index contributed by atoms with van der Waals surface area (Å²) < 4.78 is 5.15. The third-order valence-corrected chi connectivity index (χ3v) is 4.00. The number of methoxy groups -OCH3 is 1. The molecule has 0 bridgehead atoms. The molecule has 23 heavy (non-hydrogen) atoms. The molecule has 1 fully saturated rings. The molecule has 5 nitrogen and oxygen atoms in total. The van der Waals surface area contributed by atoms with Gasteiger partial charge in [0, 0.05) is 26.2 Å². The quantitative estimate of drug-likeness (QED) is 0.238. The second-order valence-corrected chi connectivity index (χ2v) is 6.22. The number of nitrogens with one attached hydrogen (secondary N) is 2. The van der Waals surface area contributed by atoms with Crippen molar-refractivity contribution in [1.82, 2.24) is 15.5 Å². The first-order valence-corrected chi connectivity index (χ1v) is 9.02. The van der Waals surface area contributed by atoms with Crippen molar-refractivity contribution in [3.8, 4) is 0 Å². The van der Waals surface area contributed by atoms with Crippen molar-refractivity contribution in [3.05, 3.63) is 0 Å². The standard InChI is InChI=1S/C17H36N4O.HI/c1-4-18-17(20-16(2)15-22-3)19-11-7-5-8-12-21-13-9-6-10-14-21;/h16H,4-15H2,1-3H3,(H2,18,19,20);1H. The Morgan fingerprint density at radius 1 is 1.17 bits per heavy atom. The Bertz CT molecular complexity index is 296. The van der Waals surface area contributed by atoms with Gasteiger partial charge in [0.1, 0.15) is 0 Å². The minimum absolute atomic E-state index is 0. The lowest BCUT2D eigenvalue weighted by Crippen LogP contribution is -2.44. The number of rotatable bonds is 10. The number of nitrogens with zero attached hydrogens (tertiary/aromatic N) is 2. The average Bonchev–Trinajstić information content (AvgIpc) is 2.52. The van der Waals surface area contributed by atoms with E-state index in [1.165, 1.54) is 58.2 Å². The summed E-state index contributed by atoms with van der Waals surface area (Å²) in [4.78, 5) is 7.26. The molecular weight excluding hydrogens is 403 g/mol. The largest absolute Gasteiger partial charge is 0.383 e. The fourth-order valence-electron chi connectivity index (χ4n) is 2.84. The van der Waals surface area contributed by atoms with Crippen LogP contribution in [0.3, 0.4) is 0 Å². The Balaban J connectivity index is 0.00000484. The zero-order valence-corrected chi connectivity index (χ0v) is 17.6. The van der Waals surface area contributed by atoms with Crippen molar-refractivity contribution in [2.45, 2.75) is 58.4 Å². The molecule has 1 heterocycles. The fraction of sp³-hybridized carbons (Fsp3) is 0.941. The molecule has 1 aliphatic rings. The Labute approximate surface area is 160 Å². The number of hydrogen-bond acceptors (Lipinski definition) is 3. The van der Waals surface area contributed by atoms with Crippen molar-refractivity contribution in [2.75, 3.05) is 46.4 Å².